The van der Waals surface area contributed by atoms with Crippen molar-refractivity contribution in [2.24, 2.45) is 0 Å². The van der Waals surface area contributed by atoms with Crippen LogP contribution in [0.25, 0.3) is 0 Å². The van der Waals surface area contributed by atoms with Gasteiger partial charge in [-0.2, -0.15) is 0 Å². The molecule has 0 saturated heterocycles. The lowest BCUT2D eigenvalue weighted by atomic mass is 10.2. The van der Waals surface area contributed by atoms with Crippen LogP contribution in [0.5, 0.6) is 5.75 Å². The molecule has 20 heavy (non-hydrogen) atoms. The van der Waals surface area contributed by atoms with E-state index in [0.717, 1.165) is 9.35 Å². The van der Waals surface area contributed by atoms with E-state index >= 15 is 0 Å². The Morgan fingerprint density at radius 1 is 1.50 bits per heavy atom. The predicted octanol–water partition coefficient (Wildman–Crippen LogP) is 4.74. The molecule has 0 aliphatic rings. The summed E-state index contributed by atoms with van der Waals surface area (Å²) in [5, 5.41) is 5.33. The van der Waals surface area contributed by atoms with Gasteiger partial charge in [-0.25, -0.2) is 0 Å². The quantitative estimate of drug-likeness (QED) is 0.820. The van der Waals surface area contributed by atoms with E-state index in [2.05, 4.69) is 21.2 Å². The number of nitrogens with one attached hydrogen (secondary N) is 1. The maximum atomic E-state index is 12.0. The van der Waals surface area contributed by atoms with Gasteiger partial charge in [0.2, 0.25) is 5.91 Å². The van der Waals surface area contributed by atoms with Crippen molar-refractivity contribution in [3.63, 3.8) is 0 Å². The van der Waals surface area contributed by atoms with Crippen molar-refractivity contribution in [1.29, 1.82) is 0 Å². The Hall–Kier alpha value is -1.04. The fourth-order valence-electron chi connectivity index (χ4n) is 1.71. The summed E-state index contributed by atoms with van der Waals surface area (Å²) < 4.78 is 6.26. The first-order valence-electron chi connectivity index (χ1n) is 6.04. The first-order valence-corrected chi connectivity index (χ1v) is 8.09. The van der Waals surface area contributed by atoms with E-state index in [4.69, 9.17) is 16.3 Å². The molecule has 1 aromatic carbocycles. The summed E-state index contributed by atoms with van der Waals surface area (Å²) in [6.45, 7) is 2.40. The van der Waals surface area contributed by atoms with Crippen LogP contribution in [0, 0.1) is 0 Å². The molecule has 3 nitrogen and oxygen atoms in total. The number of halogens is 2. The van der Waals surface area contributed by atoms with E-state index in [1.54, 1.807) is 23.5 Å². The summed E-state index contributed by atoms with van der Waals surface area (Å²) in [5.74, 6) is 0.499. The molecule has 0 spiro atoms. The number of carbonyl (C=O) groups is 1. The van der Waals surface area contributed by atoms with Crippen LogP contribution in [-0.4, -0.2) is 12.5 Å². The molecule has 2 rings (SSSR count). The zero-order valence-corrected chi connectivity index (χ0v) is 13.9. The van der Waals surface area contributed by atoms with Crippen molar-refractivity contribution in [1.82, 2.24) is 0 Å². The zero-order chi connectivity index (χ0) is 14.5. The summed E-state index contributed by atoms with van der Waals surface area (Å²) >= 11 is 11.0. The maximum Gasteiger partial charge on any atom is 0.229 e. The molecule has 1 aromatic heterocycles. The van der Waals surface area contributed by atoms with Crippen LogP contribution in [0.4, 0.5) is 5.69 Å². The van der Waals surface area contributed by atoms with Gasteiger partial charge in [-0.1, -0.05) is 17.7 Å². The first-order chi connectivity index (χ1) is 9.60. The topological polar surface area (TPSA) is 38.3 Å². The SMILES string of the molecule is CCOc1c(Br)cc(Cl)cc1NC(=O)Cc1cccs1. The highest BCUT2D eigenvalue weighted by Crippen LogP contribution is 2.36. The Bertz CT molecular complexity index is 601. The Labute approximate surface area is 135 Å². The van der Waals surface area contributed by atoms with Crippen molar-refractivity contribution >= 4 is 50.5 Å². The van der Waals surface area contributed by atoms with Crippen LogP contribution < -0.4 is 10.1 Å². The number of hydrogen-bond donors (Lipinski definition) is 1. The summed E-state index contributed by atoms with van der Waals surface area (Å²) in [6, 6.07) is 7.28. The first kappa shape index (κ1) is 15.4. The number of rotatable bonds is 5. The van der Waals surface area contributed by atoms with E-state index in [-0.39, 0.29) is 5.91 Å². The van der Waals surface area contributed by atoms with Crippen LogP contribution in [-0.2, 0) is 11.2 Å². The number of hydrogen-bond acceptors (Lipinski definition) is 3. The molecule has 1 amide bonds. The van der Waals surface area contributed by atoms with Gasteiger partial charge >= 0.3 is 0 Å². The molecule has 0 aliphatic carbocycles. The van der Waals surface area contributed by atoms with E-state index in [1.165, 1.54) is 0 Å². The summed E-state index contributed by atoms with van der Waals surface area (Å²) in [5.41, 5.74) is 0.577. The molecule has 0 bridgehead atoms. The Morgan fingerprint density at radius 2 is 2.30 bits per heavy atom. The fraction of sp³-hybridized carbons (Fsp3) is 0.214. The van der Waals surface area contributed by atoms with E-state index in [1.807, 2.05) is 24.4 Å². The van der Waals surface area contributed by atoms with Gasteiger partial charge in [0, 0.05) is 9.90 Å². The van der Waals surface area contributed by atoms with Gasteiger partial charge in [0.1, 0.15) is 0 Å². The molecule has 0 unspecified atom stereocenters. The summed E-state index contributed by atoms with van der Waals surface area (Å²) in [4.78, 5) is 13.1. The third kappa shape index (κ3) is 3.98. The number of amides is 1. The second kappa shape index (κ2) is 7.11. The lowest BCUT2D eigenvalue weighted by Crippen LogP contribution is -2.14. The van der Waals surface area contributed by atoms with Gasteiger partial charge in [-0.15, -0.1) is 11.3 Å². The zero-order valence-electron chi connectivity index (χ0n) is 10.8. The van der Waals surface area contributed by atoms with Gasteiger partial charge in [-0.3, -0.25) is 4.79 Å². The summed E-state index contributed by atoms with van der Waals surface area (Å²) in [6.07, 6.45) is 0.341. The molecule has 0 aliphatic heterocycles. The minimum absolute atomic E-state index is 0.0948. The number of ether oxygens (including phenoxy) is 1. The van der Waals surface area contributed by atoms with Crippen molar-refractivity contribution in [3.8, 4) is 5.75 Å². The molecule has 0 saturated carbocycles. The maximum absolute atomic E-state index is 12.0. The third-order valence-corrected chi connectivity index (χ3v) is 4.17. The van der Waals surface area contributed by atoms with E-state index in [0.29, 0.717) is 29.5 Å². The molecule has 1 heterocycles. The standard InChI is InChI=1S/C14H13BrClNO2S/c1-2-19-14-11(15)6-9(16)7-12(14)17-13(18)8-10-4-3-5-20-10/h3-7H,2,8H2,1H3,(H,17,18). The molecule has 0 radical (unpaired) electrons. The smallest absolute Gasteiger partial charge is 0.229 e. The average Bonchev–Trinajstić information content (AvgIpc) is 2.86. The van der Waals surface area contributed by atoms with Gasteiger partial charge < -0.3 is 10.1 Å². The van der Waals surface area contributed by atoms with E-state index in [9.17, 15) is 4.79 Å². The highest BCUT2D eigenvalue weighted by atomic mass is 79.9. The predicted molar refractivity (Wildman–Crippen MR) is 87.0 cm³/mol. The van der Waals surface area contributed by atoms with Crippen molar-refractivity contribution < 1.29 is 9.53 Å². The minimum Gasteiger partial charge on any atom is -0.491 e. The van der Waals surface area contributed by atoms with E-state index < -0.39 is 0 Å². The molecule has 6 heteroatoms. The second-order valence-corrected chi connectivity index (χ2v) is 6.32. The van der Waals surface area contributed by atoms with Crippen LogP contribution >= 0.6 is 38.9 Å². The Kier molecular flexibility index (Phi) is 5.46. The van der Waals surface area contributed by atoms with Crippen molar-refractivity contribution in [2.45, 2.75) is 13.3 Å². The third-order valence-electron chi connectivity index (χ3n) is 2.49. The Balaban J connectivity index is 2.17. The van der Waals surface area contributed by atoms with Crippen molar-refractivity contribution in [3.05, 3.63) is 44.0 Å². The van der Waals surface area contributed by atoms with Crippen LogP contribution in [0.2, 0.25) is 5.02 Å². The number of anilines is 1. The molecule has 2 aromatic rings. The Morgan fingerprint density at radius 3 is 2.95 bits per heavy atom. The summed E-state index contributed by atoms with van der Waals surface area (Å²) in [7, 11) is 0. The highest BCUT2D eigenvalue weighted by molar-refractivity contribution is 9.10. The lowest BCUT2D eigenvalue weighted by Gasteiger charge is -2.13. The van der Waals surface area contributed by atoms with Gasteiger partial charge in [0.15, 0.2) is 5.75 Å². The lowest BCUT2D eigenvalue weighted by molar-refractivity contribution is -0.115. The van der Waals surface area contributed by atoms with Gasteiger partial charge in [0.05, 0.1) is 23.2 Å². The number of thiophene rings is 1. The van der Waals surface area contributed by atoms with Crippen LogP contribution in [0.1, 0.15) is 11.8 Å². The normalized spacial score (nSPS) is 10.3. The highest BCUT2D eigenvalue weighted by Gasteiger charge is 2.13. The average molecular weight is 375 g/mol. The van der Waals surface area contributed by atoms with Crippen LogP contribution in [0.15, 0.2) is 34.1 Å². The fourth-order valence-corrected chi connectivity index (χ4v) is 3.34. The molecular formula is C14H13BrClNO2S. The van der Waals surface area contributed by atoms with Gasteiger partial charge in [-0.05, 0) is 46.4 Å². The second-order valence-electron chi connectivity index (χ2n) is 4.00. The largest absolute Gasteiger partial charge is 0.491 e. The molecule has 106 valence electrons. The van der Waals surface area contributed by atoms with Crippen molar-refractivity contribution in [2.75, 3.05) is 11.9 Å². The number of carbonyl (C=O) groups excluding carboxylic acids is 1. The van der Waals surface area contributed by atoms with Crippen LogP contribution in [0.3, 0.4) is 0 Å². The number of benzene rings is 1. The van der Waals surface area contributed by atoms with Gasteiger partial charge in [0.25, 0.3) is 0 Å². The monoisotopic (exact) mass is 373 g/mol. The molecular weight excluding hydrogens is 362 g/mol. The molecule has 1 N–H and O–H groups in total. The molecule has 0 fully saturated rings. The minimum atomic E-state index is -0.0948. The molecule has 0 atom stereocenters.